The molecule has 0 aliphatic carbocycles. The maximum atomic E-state index is 12.7. The summed E-state index contributed by atoms with van der Waals surface area (Å²) >= 11 is 0. The summed E-state index contributed by atoms with van der Waals surface area (Å²) in [5.41, 5.74) is 25.7. The number of amides is 7. The zero-order valence-corrected chi connectivity index (χ0v) is 18.7. The molecule has 35 heavy (non-hydrogen) atoms. The smallest absolute Gasteiger partial charge is 0.326 e. The summed E-state index contributed by atoms with van der Waals surface area (Å²) in [6.45, 7) is 0. The molecule has 17 heteroatoms. The van der Waals surface area contributed by atoms with E-state index in [1.54, 1.807) is 0 Å². The summed E-state index contributed by atoms with van der Waals surface area (Å²) < 4.78 is 0. The van der Waals surface area contributed by atoms with Gasteiger partial charge in [0, 0.05) is 12.8 Å². The lowest BCUT2D eigenvalue weighted by Gasteiger charge is -2.24. The van der Waals surface area contributed by atoms with E-state index < -0.39 is 84.3 Å². The van der Waals surface area contributed by atoms with Crippen molar-refractivity contribution in [2.24, 2.45) is 28.7 Å². The van der Waals surface area contributed by atoms with E-state index in [1.165, 1.54) is 0 Å². The van der Waals surface area contributed by atoms with Crippen LogP contribution in [0.15, 0.2) is 0 Å². The third kappa shape index (κ3) is 13.1. The minimum Gasteiger partial charge on any atom is -0.480 e. The summed E-state index contributed by atoms with van der Waals surface area (Å²) in [4.78, 5) is 93.3. The Morgan fingerprint density at radius 1 is 0.571 bits per heavy atom. The third-order valence-electron chi connectivity index (χ3n) is 4.41. The van der Waals surface area contributed by atoms with Gasteiger partial charge in [0.05, 0.1) is 18.9 Å². The van der Waals surface area contributed by atoms with Gasteiger partial charge in [-0.1, -0.05) is 0 Å². The van der Waals surface area contributed by atoms with Crippen molar-refractivity contribution in [2.45, 2.75) is 62.7 Å². The fourth-order valence-corrected chi connectivity index (χ4v) is 2.62. The molecule has 0 saturated heterocycles. The quantitative estimate of drug-likeness (QED) is 0.0906. The van der Waals surface area contributed by atoms with Crippen LogP contribution in [0.1, 0.15) is 38.5 Å². The number of hydrogen-bond acceptors (Lipinski definition) is 9. The van der Waals surface area contributed by atoms with Crippen molar-refractivity contribution in [3.8, 4) is 0 Å². The number of carboxylic acids is 1. The first kappa shape index (κ1) is 30.7. The average molecular weight is 502 g/mol. The van der Waals surface area contributed by atoms with Crippen molar-refractivity contribution in [2.75, 3.05) is 0 Å². The number of nitrogens with two attached hydrogens (primary N) is 5. The molecule has 0 saturated carbocycles. The Labute approximate surface area is 198 Å². The molecule has 0 bridgehead atoms. The normalized spacial score (nSPS) is 13.9. The Bertz CT molecular complexity index is 863. The largest absolute Gasteiger partial charge is 0.480 e. The van der Waals surface area contributed by atoms with Gasteiger partial charge >= 0.3 is 5.97 Å². The van der Waals surface area contributed by atoms with Crippen LogP contribution >= 0.6 is 0 Å². The molecule has 0 aliphatic rings. The second-order valence-corrected chi connectivity index (χ2v) is 7.48. The number of primary amides is 4. The molecule has 0 aromatic carbocycles. The van der Waals surface area contributed by atoms with Gasteiger partial charge in [-0.05, 0) is 12.8 Å². The van der Waals surface area contributed by atoms with Crippen LogP contribution in [0.2, 0.25) is 0 Å². The molecule has 17 nitrogen and oxygen atoms in total. The molecule has 7 amide bonds. The van der Waals surface area contributed by atoms with Crippen molar-refractivity contribution in [3.05, 3.63) is 0 Å². The highest BCUT2D eigenvalue weighted by Gasteiger charge is 2.32. The zero-order valence-electron chi connectivity index (χ0n) is 18.7. The summed E-state index contributed by atoms with van der Waals surface area (Å²) in [5, 5.41) is 15.5. The molecule has 0 heterocycles. The number of carboxylic acid groups (broad SMARTS) is 1. The fourth-order valence-electron chi connectivity index (χ4n) is 2.62. The van der Waals surface area contributed by atoms with E-state index in [1.807, 2.05) is 5.32 Å². The van der Waals surface area contributed by atoms with E-state index >= 15 is 0 Å². The van der Waals surface area contributed by atoms with Gasteiger partial charge in [-0.25, -0.2) is 4.79 Å². The van der Waals surface area contributed by atoms with Gasteiger partial charge in [0.1, 0.15) is 18.1 Å². The Morgan fingerprint density at radius 2 is 0.943 bits per heavy atom. The first-order valence-corrected chi connectivity index (χ1v) is 10.2. The number of hydrogen-bond donors (Lipinski definition) is 9. The molecule has 0 spiro atoms. The molecule has 4 unspecified atom stereocenters. The van der Waals surface area contributed by atoms with Crippen molar-refractivity contribution >= 4 is 47.3 Å². The predicted octanol–water partition coefficient (Wildman–Crippen LogP) is -5.87. The lowest BCUT2D eigenvalue weighted by atomic mass is 10.1. The van der Waals surface area contributed by atoms with E-state index in [9.17, 15) is 43.5 Å². The lowest BCUT2D eigenvalue weighted by Crippen LogP contribution is -2.58. The molecule has 0 aromatic heterocycles. The predicted molar refractivity (Wildman–Crippen MR) is 116 cm³/mol. The second kappa shape index (κ2) is 14.8. The van der Waals surface area contributed by atoms with Crippen LogP contribution in [0.4, 0.5) is 0 Å². The van der Waals surface area contributed by atoms with Crippen LogP contribution in [-0.4, -0.2) is 76.6 Å². The average Bonchev–Trinajstić information content (AvgIpc) is 2.72. The van der Waals surface area contributed by atoms with E-state index in [2.05, 4.69) is 10.6 Å². The minimum atomic E-state index is -1.72. The fraction of sp³-hybridized carbons (Fsp3) is 0.556. The van der Waals surface area contributed by atoms with Gasteiger partial charge in [-0.2, -0.15) is 0 Å². The van der Waals surface area contributed by atoms with Gasteiger partial charge in [-0.15, -0.1) is 0 Å². The van der Waals surface area contributed by atoms with Crippen molar-refractivity contribution < 1.29 is 43.5 Å². The summed E-state index contributed by atoms with van der Waals surface area (Å²) in [6.07, 6.45) is -2.68. The SMILES string of the molecule is NC(=O)CCC(N)C(=O)NC(CC(N)=O)C(=O)NC(CC(N)=O)C(=O)NC(CCC(N)=O)C(=O)O. The van der Waals surface area contributed by atoms with E-state index in [0.717, 1.165) is 0 Å². The highest BCUT2D eigenvalue weighted by Crippen LogP contribution is 2.03. The third-order valence-corrected chi connectivity index (χ3v) is 4.41. The van der Waals surface area contributed by atoms with Crippen molar-refractivity contribution in [1.29, 1.82) is 0 Å². The molecule has 196 valence electrons. The molecule has 4 atom stereocenters. The highest BCUT2D eigenvalue weighted by atomic mass is 16.4. The van der Waals surface area contributed by atoms with Gasteiger partial charge in [0.25, 0.3) is 0 Å². The van der Waals surface area contributed by atoms with Crippen LogP contribution in [0.25, 0.3) is 0 Å². The Balaban J connectivity index is 5.53. The topological polar surface area (TPSA) is 323 Å². The Kier molecular flexibility index (Phi) is 13.0. The molecular weight excluding hydrogens is 472 g/mol. The van der Waals surface area contributed by atoms with Crippen molar-refractivity contribution in [3.63, 3.8) is 0 Å². The summed E-state index contributed by atoms with van der Waals surface area (Å²) in [5.74, 6) is -8.40. The Hall–Kier alpha value is -4.28. The molecule has 0 aromatic rings. The van der Waals surface area contributed by atoms with Gasteiger partial charge in [-0.3, -0.25) is 33.6 Å². The van der Waals surface area contributed by atoms with Gasteiger partial charge in [0.15, 0.2) is 0 Å². The van der Waals surface area contributed by atoms with E-state index in [-0.39, 0.29) is 25.7 Å². The molecule has 0 rings (SSSR count). The molecule has 14 N–H and O–H groups in total. The zero-order chi connectivity index (χ0) is 27.3. The minimum absolute atomic E-state index is 0.166. The number of aliphatic carboxylic acids is 1. The van der Waals surface area contributed by atoms with Crippen LogP contribution in [-0.2, 0) is 38.4 Å². The number of rotatable bonds is 17. The monoisotopic (exact) mass is 502 g/mol. The summed E-state index contributed by atoms with van der Waals surface area (Å²) in [7, 11) is 0. The number of nitrogens with one attached hydrogen (secondary N) is 3. The first-order chi connectivity index (χ1) is 16.1. The van der Waals surface area contributed by atoms with Gasteiger partial charge < -0.3 is 49.7 Å². The second-order valence-electron chi connectivity index (χ2n) is 7.48. The van der Waals surface area contributed by atoms with E-state index in [4.69, 9.17) is 28.7 Å². The lowest BCUT2D eigenvalue weighted by molar-refractivity contribution is -0.143. The van der Waals surface area contributed by atoms with Crippen LogP contribution in [0.5, 0.6) is 0 Å². The van der Waals surface area contributed by atoms with Crippen molar-refractivity contribution in [1.82, 2.24) is 16.0 Å². The summed E-state index contributed by atoms with van der Waals surface area (Å²) in [6, 6.07) is -6.23. The van der Waals surface area contributed by atoms with Crippen LogP contribution in [0.3, 0.4) is 0 Å². The molecule has 0 fully saturated rings. The van der Waals surface area contributed by atoms with Crippen LogP contribution in [0, 0.1) is 0 Å². The maximum absolute atomic E-state index is 12.7. The maximum Gasteiger partial charge on any atom is 0.326 e. The molecule has 0 radical (unpaired) electrons. The Morgan fingerprint density at radius 3 is 1.31 bits per heavy atom. The standard InChI is InChI=1S/C18H30N8O9/c19-7(1-3-11(20)27)15(31)25-9(5-13(22)29)17(33)26-10(6-14(23)30)16(32)24-8(18(34)35)2-4-12(21)28/h7-10H,1-6,19H2,(H2,20,27)(H2,21,28)(H2,22,29)(H2,23,30)(H,24,32)(H,25,31)(H,26,33)(H,34,35). The molecular formula is C18H30N8O9. The highest BCUT2D eigenvalue weighted by molar-refractivity contribution is 5.97. The first-order valence-electron chi connectivity index (χ1n) is 10.2. The van der Waals surface area contributed by atoms with Gasteiger partial charge in [0.2, 0.25) is 41.4 Å². The molecule has 0 aliphatic heterocycles. The van der Waals surface area contributed by atoms with Crippen LogP contribution < -0.4 is 44.6 Å². The van der Waals surface area contributed by atoms with E-state index in [0.29, 0.717) is 0 Å². The number of carbonyl (C=O) groups is 8. The number of carbonyl (C=O) groups excluding carboxylic acids is 7.